The van der Waals surface area contributed by atoms with Crippen LogP contribution in [0.15, 0.2) is 39.7 Å². The first-order valence-electron chi connectivity index (χ1n) is 9.33. The number of halogens is 3. The van der Waals surface area contributed by atoms with Crippen molar-refractivity contribution in [1.29, 1.82) is 5.41 Å². The van der Waals surface area contributed by atoms with Crippen LogP contribution in [0.1, 0.15) is 5.89 Å². The molecule has 0 spiro atoms. The van der Waals surface area contributed by atoms with E-state index < -0.39 is 45.8 Å². The Balaban J connectivity index is 2.28. The second kappa shape index (κ2) is 10.6. The average Bonchev–Trinajstić information content (AvgIpc) is 3.19. The number of allylic oxidation sites excluding steroid dienone is 1. The molecule has 180 valence electrons. The maximum atomic E-state index is 12.9. The van der Waals surface area contributed by atoms with Gasteiger partial charge in [-0.3, -0.25) is 10.2 Å². The molecule has 14 heteroatoms. The molecule has 2 rings (SSSR count). The molecule has 0 unspecified atom stereocenters. The third-order valence-electron chi connectivity index (χ3n) is 3.98. The summed E-state index contributed by atoms with van der Waals surface area (Å²) in [5, 5.41) is 17.0. The molecule has 0 fully saturated rings. The Morgan fingerprint density at radius 3 is 2.61 bits per heavy atom. The number of likely N-dealkylation sites (N-methyl/N-ethyl adjacent to an activating group) is 1. The Kier molecular flexibility index (Phi) is 8.33. The summed E-state index contributed by atoms with van der Waals surface area (Å²) in [6.07, 6.45) is -3.54. The van der Waals surface area contributed by atoms with Crippen molar-refractivity contribution in [3.8, 4) is 11.5 Å². The van der Waals surface area contributed by atoms with Crippen LogP contribution >= 0.6 is 0 Å². The molecule has 1 aromatic heterocycles. The highest BCUT2D eigenvalue weighted by atomic mass is 32.2. The lowest BCUT2D eigenvalue weighted by Crippen LogP contribution is -2.28. The number of rotatable bonds is 10. The number of carbonyl (C=O) groups excluding carboxylic acids is 1. The summed E-state index contributed by atoms with van der Waals surface area (Å²) in [6, 6.07) is 5.54. The van der Waals surface area contributed by atoms with E-state index in [4.69, 9.17) is 14.6 Å². The highest BCUT2D eigenvalue weighted by Gasteiger charge is 2.33. The van der Waals surface area contributed by atoms with Gasteiger partial charge in [0.05, 0.1) is 4.90 Å². The lowest BCUT2D eigenvalue weighted by molar-refractivity contribution is -0.142. The van der Waals surface area contributed by atoms with Gasteiger partial charge in [-0.15, -0.1) is 10.2 Å². The van der Waals surface area contributed by atoms with Crippen LogP contribution in [0.5, 0.6) is 0 Å². The molecule has 10 nitrogen and oxygen atoms in total. The first kappa shape index (κ1) is 26.0. The Morgan fingerprint density at radius 2 is 2.00 bits per heavy atom. The minimum atomic E-state index is -4.95. The molecule has 2 N–H and O–H groups in total. The first-order chi connectivity index (χ1) is 15.3. The molecule has 0 aliphatic rings. The molecular formula is C19H22F3N5O5S. The van der Waals surface area contributed by atoms with Crippen LogP contribution in [0.25, 0.3) is 17.2 Å². The quantitative estimate of drug-likeness (QED) is 0.378. The summed E-state index contributed by atoms with van der Waals surface area (Å²) in [5.41, 5.74) is -1.94. The second-order valence-corrected chi connectivity index (χ2v) is 9.07. The minimum absolute atomic E-state index is 0.0204. The van der Waals surface area contributed by atoms with Gasteiger partial charge in [0, 0.05) is 18.4 Å². The van der Waals surface area contributed by atoms with Gasteiger partial charge in [-0.05, 0) is 38.4 Å². The van der Waals surface area contributed by atoms with Crippen molar-refractivity contribution in [2.75, 3.05) is 40.0 Å². The molecule has 0 amide bonds. The molecule has 0 bridgehead atoms. The highest BCUT2D eigenvalue weighted by molar-refractivity contribution is 7.90. The van der Waals surface area contributed by atoms with Crippen LogP contribution in [0.2, 0.25) is 0 Å². The Hall–Kier alpha value is -3.26. The second-order valence-electron chi connectivity index (χ2n) is 7.06. The zero-order valence-electron chi connectivity index (χ0n) is 17.9. The lowest BCUT2D eigenvalue weighted by Gasteiger charge is -2.11. The first-order valence-corrected chi connectivity index (χ1v) is 11.2. The van der Waals surface area contributed by atoms with Crippen LogP contribution in [-0.4, -0.2) is 81.4 Å². The fraction of sp³-hybridized carbons (Fsp3) is 0.368. The van der Waals surface area contributed by atoms with Crippen LogP contribution in [-0.2, 0) is 19.4 Å². The van der Waals surface area contributed by atoms with E-state index in [1.807, 2.05) is 0 Å². The van der Waals surface area contributed by atoms with Gasteiger partial charge in [-0.1, -0.05) is 6.07 Å². The summed E-state index contributed by atoms with van der Waals surface area (Å²) < 4.78 is 72.5. The van der Waals surface area contributed by atoms with Gasteiger partial charge in [0.15, 0.2) is 9.84 Å². The molecule has 0 aliphatic heterocycles. The van der Waals surface area contributed by atoms with E-state index in [1.54, 1.807) is 19.0 Å². The minimum Gasteiger partial charge on any atom is -0.463 e. The van der Waals surface area contributed by atoms with E-state index in [0.29, 0.717) is 12.6 Å². The molecule has 2 aromatic rings. The number of ether oxygens (including phenoxy) is 1. The van der Waals surface area contributed by atoms with Crippen molar-refractivity contribution in [2.24, 2.45) is 0 Å². The van der Waals surface area contributed by atoms with E-state index >= 15 is 0 Å². The van der Waals surface area contributed by atoms with E-state index in [2.05, 4.69) is 15.5 Å². The van der Waals surface area contributed by atoms with Gasteiger partial charge in [0.25, 0.3) is 5.89 Å². The predicted octanol–water partition coefficient (Wildman–Crippen LogP) is 1.76. The number of aromatic nitrogens is 2. The Bertz CT molecular complexity index is 1140. The standard InChI is InChI=1S/C19H22F3N5O5S/c1-27(2)7-8-31-16(28)11-24-14(10-15(23)19(20,21)22)18-26-25-17(32-18)12-5-4-6-13(9-12)33(3,29)30/h4-6,9-10,23-24H,7-8,11H2,1-3H3/b14-10-,23-15?. The molecule has 0 saturated carbocycles. The van der Waals surface area contributed by atoms with Crippen molar-refractivity contribution in [3.63, 3.8) is 0 Å². The largest absolute Gasteiger partial charge is 0.463 e. The number of carbonyl (C=O) groups is 1. The Labute approximate surface area is 187 Å². The summed E-state index contributed by atoms with van der Waals surface area (Å²) in [7, 11) is 0.0170. The third kappa shape index (κ3) is 7.98. The van der Waals surface area contributed by atoms with Gasteiger partial charge in [0.2, 0.25) is 5.89 Å². The molecule has 0 atom stereocenters. The number of benzene rings is 1. The fourth-order valence-corrected chi connectivity index (χ4v) is 2.95. The van der Waals surface area contributed by atoms with Crippen molar-refractivity contribution in [2.45, 2.75) is 11.1 Å². The summed E-state index contributed by atoms with van der Waals surface area (Å²) >= 11 is 0. The SMILES string of the molecule is CN(C)CCOC(=O)CN/C(=C\C(=N)C(F)(F)F)c1nnc(-c2cccc(S(C)(=O)=O)c2)o1. The summed E-state index contributed by atoms with van der Waals surface area (Å²) in [4.78, 5) is 13.6. The van der Waals surface area contributed by atoms with E-state index in [-0.39, 0.29) is 23.0 Å². The number of hydrogen-bond acceptors (Lipinski definition) is 10. The molecule has 33 heavy (non-hydrogen) atoms. The van der Waals surface area contributed by atoms with Gasteiger partial charge in [0.1, 0.15) is 24.6 Å². The zero-order chi connectivity index (χ0) is 24.8. The van der Waals surface area contributed by atoms with Gasteiger partial charge >= 0.3 is 12.1 Å². The van der Waals surface area contributed by atoms with Gasteiger partial charge in [-0.2, -0.15) is 13.2 Å². The van der Waals surface area contributed by atoms with Crippen LogP contribution in [0.4, 0.5) is 13.2 Å². The van der Waals surface area contributed by atoms with E-state index in [9.17, 15) is 26.4 Å². The van der Waals surface area contributed by atoms with Crippen molar-refractivity contribution < 1.29 is 35.5 Å². The van der Waals surface area contributed by atoms with Gasteiger partial charge < -0.3 is 19.4 Å². The maximum absolute atomic E-state index is 12.9. The molecular weight excluding hydrogens is 467 g/mol. The molecule has 0 radical (unpaired) electrons. The molecule has 0 aliphatic carbocycles. The number of hydrogen-bond donors (Lipinski definition) is 2. The summed E-state index contributed by atoms with van der Waals surface area (Å²) in [5.74, 6) is -1.36. The number of alkyl halides is 3. The lowest BCUT2D eigenvalue weighted by atomic mass is 10.2. The zero-order valence-corrected chi connectivity index (χ0v) is 18.7. The van der Waals surface area contributed by atoms with Crippen molar-refractivity contribution in [3.05, 3.63) is 36.2 Å². The smallest absolute Gasteiger partial charge is 0.432 e. The van der Waals surface area contributed by atoms with Crippen LogP contribution in [0.3, 0.4) is 0 Å². The summed E-state index contributed by atoms with van der Waals surface area (Å²) in [6.45, 7) is 0.00467. The van der Waals surface area contributed by atoms with Gasteiger partial charge in [-0.25, -0.2) is 8.42 Å². The molecule has 1 heterocycles. The number of esters is 1. The number of nitrogens with zero attached hydrogens (tertiary/aromatic N) is 3. The molecule has 1 aromatic carbocycles. The monoisotopic (exact) mass is 489 g/mol. The van der Waals surface area contributed by atoms with Crippen molar-refractivity contribution in [1.82, 2.24) is 20.4 Å². The normalized spacial score (nSPS) is 12.6. The maximum Gasteiger partial charge on any atom is 0.432 e. The van der Waals surface area contributed by atoms with Crippen LogP contribution in [0, 0.1) is 5.41 Å². The van der Waals surface area contributed by atoms with E-state index in [0.717, 1.165) is 6.26 Å². The van der Waals surface area contributed by atoms with Crippen molar-refractivity contribution >= 4 is 27.2 Å². The predicted molar refractivity (Wildman–Crippen MR) is 112 cm³/mol. The molecule has 0 saturated heterocycles. The highest BCUT2D eigenvalue weighted by Crippen LogP contribution is 2.24. The topological polar surface area (TPSA) is 138 Å². The average molecular weight is 489 g/mol. The number of nitrogens with one attached hydrogen (secondary N) is 2. The fourth-order valence-electron chi connectivity index (χ4n) is 2.28. The number of sulfone groups is 1. The van der Waals surface area contributed by atoms with E-state index in [1.165, 1.54) is 24.3 Å². The third-order valence-corrected chi connectivity index (χ3v) is 5.09. The van der Waals surface area contributed by atoms with Crippen LogP contribution < -0.4 is 5.32 Å². The Morgan fingerprint density at radius 1 is 1.30 bits per heavy atom.